The molecular formula is C13H10N2S. The van der Waals surface area contributed by atoms with Crippen LogP contribution in [0.25, 0.3) is 0 Å². The molecular weight excluding hydrogens is 216 g/mol. The lowest BCUT2D eigenvalue weighted by molar-refractivity contribution is 1.12. The summed E-state index contributed by atoms with van der Waals surface area (Å²) < 4.78 is 0. The minimum atomic E-state index is 0.658. The topological polar surface area (TPSA) is 36.7 Å². The lowest BCUT2D eigenvalue weighted by Gasteiger charge is -2.00. The number of benzene rings is 1. The van der Waals surface area contributed by atoms with Gasteiger partial charge >= 0.3 is 0 Å². The second kappa shape index (κ2) is 5.34. The summed E-state index contributed by atoms with van der Waals surface area (Å²) in [4.78, 5) is 4.21. The van der Waals surface area contributed by atoms with Gasteiger partial charge in [0.25, 0.3) is 0 Å². The monoisotopic (exact) mass is 226 g/mol. The molecule has 2 aromatic rings. The molecule has 0 amide bonds. The van der Waals surface area contributed by atoms with E-state index in [0.29, 0.717) is 5.56 Å². The zero-order valence-corrected chi connectivity index (χ0v) is 9.45. The number of nitrogens with zero attached hydrogens (tertiary/aromatic N) is 2. The van der Waals surface area contributed by atoms with Crippen LogP contribution >= 0.6 is 11.8 Å². The third-order valence-corrected chi connectivity index (χ3v) is 3.09. The van der Waals surface area contributed by atoms with E-state index in [1.165, 1.54) is 5.56 Å². The maximum Gasteiger partial charge on any atom is 0.0993 e. The summed E-state index contributed by atoms with van der Waals surface area (Å²) in [7, 11) is 0. The van der Waals surface area contributed by atoms with Gasteiger partial charge in [-0.25, -0.2) is 4.98 Å². The van der Waals surface area contributed by atoms with Crippen molar-refractivity contribution in [3.05, 3.63) is 59.8 Å². The lowest BCUT2D eigenvalue weighted by atomic mass is 10.2. The first-order valence-electron chi connectivity index (χ1n) is 4.91. The van der Waals surface area contributed by atoms with Gasteiger partial charge in [0.15, 0.2) is 0 Å². The van der Waals surface area contributed by atoms with Crippen molar-refractivity contribution in [2.24, 2.45) is 0 Å². The van der Waals surface area contributed by atoms with Gasteiger partial charge in [-0.2, -0.15) is 5.26 Å². The average molecular weight is 226 g/mol. The van der Waals surface area contributed by atoms with E-state index in [9.17, 15) is 0 Å². The minimum Gasteiger partial charge on any atom is -0.250 e. The summed E-state index contributed by atoms with van der Waals surface area (Å²) in [6.07, 6.45) is 1.67. The second-order valence-corrected chi connectivity index (χ2v) is 4.26. The summed E-state index contributed by atoms with van der Waals surface area (Å²) in [5, 5.41) is 9.65. The molecule has 0 radical (unpaired) electrons. The first kappa shape index (κ1) is 10.7. The molecule has 78 valence electrons. The molecule has 0 fully saturated rings. The van der Waals surface area contributed by atoms with Gasteiger partial charge in [0.2, 0.25) is 0 Å². The predicted octanol–water partition coefficient (Wildman–Crippen LogP) is 3.25. The Balaban J connectivity index is 2.03. The molecule has 0 atom stereocenters. The first-order chi connectivity index (χ1) is 7.88. The van der Waals surface area contributed by atoms with E-state index in [1.54, 1.807) is 24.0 Å². The molecule has 0 aliphatic rings. The zero-order valence-electron chi connectivity index (χ0n) is 8.63. The second-order valence-electron chi connectivity index (χ2n) is 3.27. The lowest BCUT2D eigenvalue weighted by Crippen LogP contribution is -1.84. The van der Waals surface area contributed by atoms with Gasteiger partial charge in [-0.3, -0.25) is 0 Å². The molecule has 2 nitrogen and oxygen atoms in total. The van der Waals surface area contributed by atoms with Gasteiger partial charge in [0, 0.05) is 11.9 Å². The highest BCUT2D eigenvalue weighted by atomic mass is 32.2. The summed E-state index contributed by atoms with van der Waals surface area (Å²) in [6, 6.07) is 15.9. The molecule has 16 heavy (non-hydrogen) atoms. The summed E-state index contributed by atoms with van der Waals surface area (Å²) >= 11 is 1.64. The van der Waals surface area contributed by atoms with Gasteiger partial charge in [-0.15, -0.1) is 11.8 Å². The Morgan fingerprint density at radius 3 is 2.75 bits per heavy atom. The van der Waals surface area contributed by atoms with Crippen molar-refractivity contribution in [1.29, 1.82) is 5.26 Å². The quantitative estimate of drug-likeness (QED) is 0.754. The van der Waals surface area contributed by atoms with Crippen LogP contribution in [0.4, 0.5) is 0 Å². The Hall–Kier alpha value is -1.79. The molecule has 0 saturated carbocycles. The molecule has 0 aliphatic heterocycles. The summed E-state index contributed by atoms with van der Waals surface area (Å²) in [6.45, 7) is 0. The average Bonchev–Trinajstić information content (AvgIpc) is 2.38. The molecule has 0 bridgehead atoms. The Labute approximate surface area is 99.0 Å². The van der Waals surface area contributed by atoms with E-state index < -0.39 is 0 Å². The number of rotatable bonds is 3. The fraction of sp³-hybridized carbons (Fsp3) is 0.0769. The van der Waals surface area contributed by atoms with Crippen LogP contribution in [0, 0.1) is 11.3 Å². The maximum absolute atomic E-state index is 8.76. The maximum atomic E-state index is 8.76. The Bertz CT molecular complexity index is 503. The number of nitriles is 1. The Kier molecular flexibility index (Phi) is 3.58. The highest BCUT2D eigenvalue weighted by Gasteiger charge is 1.98. The largest absolute Gasteiger partial charge is 0.250 e. The standard InChI is InChI=1S/C13H10N2S/c14-9-12-6-7-15-13(8-12)16-10-11-4-2-1-3-5-11/h1-8H,10H2. The Morgan fingerprint density at radius 2 is 2.00 bits per heavy atom. The van der Waals surface area contributed by atoms with E-state index in [-0.39, 0.29) is 0 Å². The first-order valence-corrected chi connectivity index (χ1v) is 5.90. The molecule has 0 aliphatic carbocycles. The van der Waals surface area contributed by atoms with Crippen molar-refractivity contribution >= 4 is 11.8 Å². The molecule has 1 aromatic carbocycles. The molecule has 0 unspecified atom stereocenters. The third kappa shape index (κ3) is 2.85. The van der Waals surface area contributed by atoms with E-state index in [0.717, 1.165) is 10.8 Å². The SMILES string of the molecule is N#Cc1ccnc(SCc2ccccc2)c1. The van der Waals surface area contributed by atoms with Crippen molar-refractivity contribution in [3.8, 4) is 6.07 Å². The molecule has 0 saturated heterocycles. The van der Waals surface area contributed by atoms with Crippen LogP contribution in [-0.2, 0) is 5.75 Å². The van der Waals surface area contributed by atoms with Crippen LogP contribution in [0.3, 0.4) is 0 Å². The van der Waals surface area contributed by atoms with E-state index in [4.69, 9.17) is 5.26 Å². The molecule has 0 N–H and O–H groups in total. The third-order valence-electron chi connectivity index (χ3n) is 2.09. The fourth-order valence-electron chi connectivity index (χ4n) is 1.29. The summed E-state index contributed by atoms with van der Waals surface area (Å²) in [5.74, 6) is 0.878. The highest BCUT2D eigenvalue weighted by Crippen LogP contribution is 2.20. The van der Waals surface area contributed by atoms with Crippen LogP contribution in [0.1, 0.15) is 11.1 Å². The van der Waals surface area contributed by atoms with Gasteiger partial charge in [-0.05, 0) is 17.7 Å². The smallest absolute Gasteiger partial charge is 0.0993 e. The van der Waals surface area contributed by atoms with Crippen molar-refractivity contribution in [2.45, 2.75) is 10.8 Å². The highest BCUT2D eigenvalue weighted by molar-refractivity contribution is 7.98. The van der Waals surface area contributed by atoms with Crippen LogP contribution in [0.2, 0.25) is 0 Å². The van der Waals surface area contributed by atoms with Crippen molar-refractivity contribution in [2.75, 3.05) is 0 Å². The van der Waals surface area contributed by atoms with Crippen molar-refractivity contribution in [1.82, 2.24) is 4.98 Å². The predicted molar refractivity (Wildman–Crippen MR) is 65.0 cm³/mol. The normalized spacial score (nSPS) is 9.69. The van der Waals surface area contributed by atoms with Gasteiger partial charge in [0.1, 0.15) is 0 Å². The number of aromatic nitrogens is 1. The number of pyridine rings is 1. The van der Waals surface area contributed by atoms with Crippen LogP contribution in [0.5, 0.6) is 0 Å². The molecule has 2 rings (SSSR count). The van der Waals surface area contributed by atoms with E-state index >= 15 is 0 Å². The van der Waals surface area contributed by atoms with Crippen LogP contribution in [-0.4, -0.2) is 4.98 Å². The van der Waals surface area contributed by atoms with Gasteiger partial charge in [-0.1, -0.05) is 30.3 Å². The van der Waals surface area contributed by atoms with Crippen LogP contribution < -0.4 is 0 Å². The summed E-state index contributed by atoms with van der Waals surface area (Å²) in [5.41, 5.74) is 1.92. The van der Waals surface area contributed by atoms with Gasteiger partial charge in [0.05, 0.1) is 16.7 Å². The van der Waals surface area contributed by atoms with Crippen molar-refractivity contribution < 1.29 is 0 Å². The van der Waals surface area contributed by atoms with Crippen molar-refractivity contribution in [3.63, 3.8) is 0 Å². The molecule has 3 heteroatoms. The minimum absolute atomic E-state index is 0.658. The number of thioether (sulfide) groups is 1. The number of hydrogen-bond acceptors (Lipinski definition) is 3. The van der Waals surface area contributed by atoms with E-state index in [1.807, 2.05) is 24.3 Å². The van der Waals surface area contributed by atoms with Gasteiger partial charge < -0.3 is 0 Å². The number of hydrogen-bond donors (Lipinski definition) is 0. The molecule has 1 aromatic heterocycles. The Morgan fingerprint density at radius 1 is 1.19 bits per heavy atom. The fourth-order valence-corrected chi connectivity index (χ4v) is 2.14. The van der Waals surface area contributed by atoms with E-state index in [2.05, 4.69) is 23.2 Å². The molecule has 1 heterocycles. The zero-order chi connectivity index (χ0) is 11.2. The molecule has 0 spiro atoms. The van der Waals surface area contributed by atoms with Crippen LogP contribution in [0.15, 0.2) is 53.7 Å².